The second-order valence-electron chi connectivity index (χ2n) is 8.63. The van der Waals surface area contributed by atoms with Gasteiger partial charge < -0.3 is 14.2 Å². The maximum atomic E-state index is 14.7. The van der Waals surface area contributed by atoms with E-state index in [9.17, 15) is 9.18 Å². The predicted molar refractivity (Wildman–Crippen MR) is 116 cm³/mol. The lowest BCUT2D eigenvalue weighted by molar-refractivity contribution is -0.00480. The first-order valence-electron chi connectivity index (χ1n) is 11.1. The van der Waals surface area contributed by atoms with E-state index in [0.717, 1.165) is 32.4 Å². The molecule has 3 heterocycles. The van der Waals surface area contributed by atoms with Crippen molar-refractivity contribution in [2.75, 3.05) is 39.5 Å². The lowest BCUT2D eigenvalue weighted by Gasteiger charge is -2.41. The van der Waals surface area contributed by atoms with Gasteiger partial charge in [0, 0.05) is 36.6 Å². The van der Waals surface area contributed by atoms with Gasteiger partial charge in [-0.15, -0.1) is 0 Å². The number of thioether (sulfide) groups is 1. The van der Waals surface area contributed by atoms with Crippen molar-refractivity contribution < 1.29 is 23.4 Å². The summed E-state index contributed by atoms with van der Waals surface area (Å²) in [6, 6.07) is 4.32. The van der Waals surface area contributed by atoms with Crippen molar-refractivity contribution in [2.24, 2.45) is 5.92 Å². The lowest BCUT2D eigenvalue weighted by Crippen LogP contribution is -2.50. The quantitative estimate of drug-likeness (QED) is 0.570. The third-order valence-corrected chi connectivity index (χ3v) is 8.61. The third-order valence-electron chi connectivity index (χ3n) is 6.86. The van der Waals surface area contributed by atoms with Crippen LogP contribution in [0.5, 0.6) is 5.75 Å². The molecule has 0 spiro atoms. The van der Waals surface area contributed by atoms with Crippen LogP contribution in [0.3, 0.4) is 0 Å². The molecule has 7 heteroatoms. The van der Waals surface area contributed by atoms with Gasteiger partial charge in [0.15, 0.2) is 11.6 Å². The number of ether oxygens (including phenoxy) is 3. The number of carbonyl (C=O) groups excluding carboxylic acids is 1. The van der Waals surface area contributed by atoms with E-state index in [0.29, 0.717) is 48.3 Å². The van der Waals surface area contributed by atoms with Crippen LogP contribution in [0.1, 0.15) is 49.9 Å². The van der Waals surface area contributed by atoms with Crippen LogP contribution in [-0.2, 0) is 9.47 Å². The molecule has 0 saturated carbocycles. The van der Waals surface area contributed by atoms with Crippen molar-refractivity contribution in [3.63, 3.8) is 0 Å². The van der Waals surface area contributed by atoms with Crippen LogP contribution in [0, 0.1) is 11.7 Å². The van der Waals surface area contributed by atoms with E-state index >= 15 is 0 Å². The molecule has 5 nitrogen and oxygen atoms in total. The Morgan fingerprint density at radius 2 is 2.17 bits per heavy atom. The third kappa shape index (κ3) is 4.48. The Morgan fingerprint density at radius 1 is 1.37 bits per heavy atom. The standard InChI is InChI=1S/C23H32FNO4S/c1-3-16(2)23(15-18-5-7-21(23)30-18)29-20-14-17(4-6-19(20)24)22(26)28-13-10-25-8-11-27-12-9-25/h4,6,14,16,18,21H,3,5,7-13,15H2,1-2H3. The van der Waals surface area contributed by atoms with Gasteiger partial charge in [0.1, 0.15) is 12.2 Å². The van der Waals surface area contributed by atoms with E-state index in [2.05, 4.69) is 18.7 Å². The highest BCUT2D eigenvalue weighted by Gasteiger charge is 2.56. The average Bonchev–Trinajstić information content (AvgIpc) is 3.37. The second kappa shape index (κ2) is 9.45. The van der Waals surface area contributed by atoms with Crippen LogP contribution in [0.2, 0.25) is 0 Å². The average molecular weight is 438 g/mol. The maximum Gasteiger partial charge on any atom is 0.338 e. The van der Waals surface area contributed by atoms with Gasteiger partial charge in [0.2, 0.25) is 0 Å². The highest BCUT2D eigenvalue weighted by molar-refractivity contribution is 8.01. The number of benzene rings is 1. The second-order valence-corrected chi connectivity index (χ2v) is 10.1. The lowest BCUT2D eigenvalue weighted by atomic mass is 9.75. The minimum atomic E-state index is -0.437. The smallest absolute Gasteiger partial charge is 0.338 e. The van der Waals surface area contributed by atoms with E-state index in [-0.39, 0.29) is 11.4 Å². The number of hydrogen-bond acceptors (Lipinski definition) is 6. The molecule has 4 unspecified atom stereocenters. The highest BCUT2D eigenvalue weighted by Crippen LogP contribution is 2.56. The Hall–Kier alpha value is -1.31. The zero-order chi connectivity index (χ0) is 21.1. The van der Waals surface area contributed by atoms with Gasteiger partial charge in [-0.1, -0.05) is 13.8 Å². The van der Waals surface area contributed by atoms with Crippen LogP contribution in [0.4, 0.5) is 4.39 Å². The summed E-state index contributed by atoms with van der Waals surface area (Å²) in [4.78, 5) is 14.7. The van der Waals surface area contributed by atoms with Gasteiger partial charge >= 0.3 is 5.97 Å². The van der Waals surface area contributed by atoms with E-state index < -0.39 is 11.8 Å². The van der Waals surface area contributed by atoms with Crippen molar-refractivity contribution >= 4 is 17.7 Å². The molecule has 3 aliphatic heterocycles. The summed E-state index contributed by atoms with van der Waals surface area (Å²) < 4.78 is 31.9. The minimum absolute atomic E-state index is 0.172. The fraction of sp³-hybridized carbons (Fsp3) is 0.696. The molecule has 1 aromatic rings. The largest absolute Gasteiger partial charge is 0.483 e. The predicted octanol–water partition coefficient (Wildman–Crippen LogP) is 4.15. The zero-order valence-corrected chi connectivity index (χ0v) is 18.7. The van der Waals surface area contributed by atoms with Crippen LogP contribution in [0.25, 0.3) is 0 Å². The van der Waals surface area contributed by atoms with E-state index in [4.69, 9.17) is 14.2 Å². The van der Waals surface area contributed by atoms with Gasteiger partial charge in [-0.25, -0.2) is 9.18 Å². The van der Waals surface area contributed by atoms with Crippen molar-refractivity contribution in [1.82, 2.24) is 4.90 Å². The Bertz CT molecular complexity index is 757. The maximum absolute atomic E-state index is 14.7. The summed E-state index contributed by atoms with van der Waals surface area (Å²) in [7, 11) is 0. The van der Waals surface area contributed by atoms with Crippen molar-refractivity contribution in [3.8, 4) is 5.75 Å². The Labute approximate surface area is 182 Å². The minimum Gasteiger partial charge on any atom is -0.483 e. The number of fused-ring (bicyclic) bond motifs is 2. The first kappa shape index (κ1) is 21.9. The molecule has 166 valence electrons. The molecule has 3 aliphatic rings. The van der Waals surface area contributed by atoms with Crippen LogP contribution >= 0.6 is 11.8 Å². The summed E-state index contributed by atoms with van der Waals surface area (Å²) in [6.07, 6.45) is 4.26. The first-order chi connectivity index (χ1) is 14.5. The monoisotopic (exact) mass is 437 g/mol. The first-order valence-corrected chi connectivity index (χ1v) is 12.1. The molecular weight excluding hydrogens is 405 g/mol. The number of hydrogen-bond donors (Lipinski definition) is 0. The fourth-order valence-electron chi connectivity index (χ4n) is 4.86. The normalized spacial score (nSPS) is 29.7. The summed E-state index contributed by atoms with van der Waals surface area (Å²) in [6.45, 7) is 8.47. The SMILES string of the molecule is CCC(C)C1(Oc2cc(C(=O)OCCN3CCOCC3)ccc2F)CC2CCC1S2. The van der Waals surface area contributed by atoms with E-state index in [1.807, 2.05) is 11.8 Å². The molecule has 2 bridgehead atoms. The van der Waals surface area contributed by atoms with E-state index in [1.165, 1.54) is 24.6 Å². The number of carbonyl (C=O) groups is 1. The molecule has 3 saturated heterocycles. The van der Waals surface area contributed by atoms with Crippen LogP contribution in [0.15, 0.2) is 18.2 Å². The zero-order valence-electron chi connectivity index (χ0n) is 17.9. The molecule has 0 N–H and O–H groups in total. The van der Waals surface area contributed by atoms with Crippen molar-refractivity contribution in [3.05, 3.63) is 29.6 Å². The van der Waals surface area contributed by atoms with Gasteiger partial charge in [-0.05, 0) is 43.4 Å². The number of esters is 1. The molecule has 0 aromatic heterocycles. The number of nitrogens with zero attached hydrogens (tertiary/aromatic N) is 1. The van der Waals surface area contributed by atoms with Gasteiger partial charge in [0.25, 0.3) is 0 Å². The molecule has 3 fully saturated rings. The van der Waals surface area contributed by atoms with E-state index in [1.54, 1.807) is 0 Å². The molecule has 30 heavy (non-hydrogen) atoms. The summed E-state index contributed by atoms with van der Waals surface area (Å²) in [5.74, 6) is -0.363. The summed E-state index contributed by atoms with van der Waals surface area (Å²) >= 11 is 1.99. The van der Waals surface area contributed by atoms with Gasteiger partial charge in [-0.3, -0.25) is 4.90 Å². The summed E-state index contributed by atoms with van der Waals surface area (Å²) in [5, 5.41) is 0.987. The van der Waals surface area contributed by atoms with Crippen LogP contribution in [-0.4, -0.2) is 66.4 Å². The Morgan fingerprint density at radius 3 is 2.83 bits per heavy atom. The fourth-order valence-corrected chi connectivity index (χ4v) is 6.84. The number of rotatable bonds is 8. The molecule has 4 rings (SSSR count). The molecule has 0 aliphatic carbocycles. The Balaban J connectivity index is 1.43. The molecule has 0 radical (unpaired) electrons. The van der Waals surface area contributed by atoms with Gasteiger partial charge in [-0.2, -0.15) is 11.8 Å². The molecule has 4 atom stereocenters. The van der Waals surface area contributed by atoms with Crippen LogP contribution < -0.4 is 4.74 Å². The summed E-state index contributed by atoms with van der Waals surface area (Å²) in [5.41, 5.74) is -0.0225. The van der Waals surface area contributed by atoms with Crippen molar-refractivity contribution in [2.45, 2.75) is 55.6 Å². The van der Waals surface area contributed by atoms with Crippen molar-refractivity contribution in [1.29, 1.82) is 0 Å². The molecule has 0 amide bonds. The topological polar surface area (TPSA) is 48.0 Å². The number of halogens is 1. The number of morpholine rings is 1. The Kier molecular flexibility index (Phi) is 6.90. The highest BCUT2D eigenvalue weighted by atomic mass is 32.2. The molecule has 1 aromatic carbocycles. The molecular formula is C23H32FNO4S. The van der Waals surface area contributed by atoms with Gasteiger partial charge in [0.05, 0.1) is 18.8 Å².